The van der Waals surface area contributed by atoms with Crippen molar-refractivity contribution in [3.05, 3.63) is 0 Å². The number of likely N-dealkylation sites (tertiary alicyclic amines) is 1. The molecule has 0 unspecified atom stereocenters. The molecule has 0 bridgehead atoms. The highest BCUT2D eigenvalue weighted by Crippen LogP contribution is 2.38. The molecule has 1 spiro atoms. The van der Waals surface area contributed by atoms with Crippen LogP contribution in [-0.2, 0) is 0 Å². The molecule has 2 saturated heterocycles. The van der Waals surface area contributed by atoms with Gasteiger partial charge in [0.1, 0.15) is 0 Å². The molecule has 1 N–H and O–H groups in total. The van der Waals surface area contributed by atoms with Gasteiger partial charge in [-0.05, 0) is 12.8 Å². The van der Waals surface area contributed by atoms with Crippen molar-refractivity contribution >= 4 is 0 Å². The maximum atomic E-state index is 3.40. The van der Waals surface area contributed by atoms with Gasteiger partial charge in [0.2, 0.25) is 0 Å². The van der Waals surface area contributed by atoms with Crippen molar-refractivity contribution in [2.24, 2.45) is 5.41 Å². The summed E-state index contributed by atoms with van der Waals surface area (Å²) in [4.78, 5) is 2.74. The lowest BCUT2D eigenvalue weighted by atomic mass is 9.73. The molecule has 1 aliphatic carbocycles. The second-order valence-electron chi connectivity index (χ2n) is 5.30. The Kier molecular flexibility index (Phi) is 1.88. The summed E-state index contributed by atoms with van der Waals surface area (Å²) < 4.78 is 0. The van der Waals surface area contributed by atoms with Crippen LogP contribution < -0.4 is 5.32 Å². The minimum Gasteiger partial charge on any atom is -0.315 e. The van der Waals surface area contributed by atoms with Crippen LogP contribution in [0.15, 0.2) is 0 Å². The van der Waals surface area contributed by atoms with E-state index in [1.807, 2.05) is 0 Å². The Labute approximate surface area is 80.7 Å². The summed E-state index contributed by atoms with van der Waals surface area (Å²) in [6.07, 6.45) is 7.39. The van der Waals surface area contributed by atoms with Crippen molar-refractivity contribution < 1.29 is 0 Å². The second-order valence-corrected chi connectivity index (χ2v) is 5.30. The summed E-state index contributed by atoms with van der Waals surface area (Å²) in [5.74, 6) is 0. The molecular weight excluding hydrogens is 160 g/mol. The maximum absolute atomic E-state index is 3.40. The summed E-state index contributed by atoms with van der Waals surface area (Å²) in [7, 11) is 0. The molecule has 0 aromatic carbocycles. The van der Waals surface area contributed by atoms with Crippen molar-refractivity contribution in [1.29, 1.82) is 0 Å². The van der Waals surface area contributed by atoms with E-state index in [0.29, 0.717) is 0 Å². The highest BCUT2D eigenvalue weighted by atomic mass is 15.3. The zero-order valence-corrected chi connectivity index (χ0v) is 8.39. The van der Waals surface area contributed by atoms with Crippen molar-refractivity contribution in [2.45, 2.75) is 38.1 Å². The fraction of sp³-hybridized carbons (Fsp3) is 1.00. The SMILES string of the molecule is C1CCC(N2CC3(CNC3)C2)CC1. The second kappa shape index (κ2) is 2.96. The van der Waals surface area contributed by atoms with E-state index in [-0.39, 0.29) is 0 Å². The Morgan fingerprint density at radius 2 is 1.69 bits per heavy atom. The van der Waals surface area contributed by atoms with Crippen LogP contribution in [0.3, 0.4) is 0 Å². The lowest BCUT2D eigenvalue weighted by Gasteiger charge is -2.59. The molecule has 0 aromatic heterocycles. The van der Waals surface area contributed by atoms with Gasteiger partial charge < -0.3 is 5.32 Å². The number of rotatable bonds is 1. The van der Waals surface area contributed by atoms with Crippen LogP contribution in [0.5, 0.6) is 0 Å². The fourth-order valence-corrected chi connectivity index (χ4v) is 3.22. The molecule has 2 heterocycles. The molecule has 0 radical (unpaired) electrons. The predicted molar refractivity (Wildman–Crippen MR) is 53.7 cm³/mol. The molecule has 0 aromatic rings. The van der Waals surface area contributed by atoms with Crippen molar-refractivity contribution in [1.82, 2.24) is 10.2 Å². The number of nitrogens with zero attached hydrogens (tertiary/aromatic N) is 1. The number of nitrogens with one attached hydrogen (secondary N) is 1. The van der Waals surface area contributed by atoms with Crippen molar-refractivity contribution in [3.8, 4) is 0 Å². The van der Waals surface area contributed by atoms with Gasteiger partial charge in [0.05, 0.1) is 0 Å². The van der Waals surface area contributed by atoms with Crippen LogP contribution >= 0.6 is 0 Å². The molecular formula is C11H20N2. The highest BCUT2D eigenvalue weighted by Gasteiger charge is 2.49. The van der Waals surface area contributed by atoms with E-state index in [9.17, 15) is 0 Å². The van der Waals surface area contributed by atoms with E-state index in [2.05, 4.69) is 10.2 Å². The van der Waals surface area contributed by atoms with E-state index >= 15 is 0 Å². The molecule has 1 saturated carbocycles. The first-order chi connectivity index (χ1) is 6.38. The molecule has 2 aliphatic heterocycles. The third-order valence-electron chi connectivity index (χ3n) is 4.17. The third-order valence-corrected chi connectivity index (χ3v) is 4.17. The molecule has 74 valence electrons. The maximum Gasteiger partial charge on any atom is 0.0207 e. The van der Waals surface area contributed by atoms with E-state index in [1.165, 1.54) is 58.3 Å². The van der Waals surface area contributed by atoms with Crippen LogP contribution in [0.2, 0.25) is 0 Å². The molecule has 2 nitrogen and oxygen atoms in total. The van der Waals surface area contributed by atoms with Crippen molar-refractivity contribution in [2.75, 3.05) is 26.2 Å². The fourth-order valence-electron chi connectivity index (χ4n) is 3.22. The van der Waals surface area contributed by atoms with Gasteiger partial charge in [-0.25, -0.2) is 0 Å². The van der Waals surface area contributed by atoms with Gasteiger partial charge in [-0.1, -0.05) is 19.3 Å². The smallest absolute Gasteiger partial charge is 0.0207 e. The summed E-state index contributed by atoms with van der Waals surface area (Å²) in [5, 5.41) is 3.40. The van der Waals surface area contributed by atoms with Crippen LogP contribution in [0, 0.1) is 5.41 Å². The van der Waals surface area contributed by atoms with Crippen LogP contribution in [-0.4, -0.2) is 37.1 Å². The minimum absolute atomic E-state index is 0.734. The van der Waals surface area contributed by atoms with E-state index in [4.69, 9.17) is 0 Å². The first-order valence-electron chi connectivity index (χ1n) is 5.83. The van der Waals surface area contributed by atoms with E-state index in [0.717, 1.165) is 11.5 Å². The summed E-state index contributed by atoms with van der Waals surface area (Å²) >= 11 is 0. The minimum atomic E-state index is 0.734. The van der Waals surface area contributed by atoms with Gasteiger partial charge in [0.25, 0.3) is 0 Å². The molecule has 13 heavy (non-hydrogen) atoms. The quantitative estimate of drug-likeness (QED) is 0.653. The average molecular weight is 180 g/mol. The van der Waals surface area contributed by atoms with Crippen LogP contribution in [0.1, 0.15) is 32.1 Å². The molecule has 3 rings (SSSR count). The first kappa shape index (κ1) is 8.25. The van der Waals surface area contributed by atoms with Crippen LogP contribution in [0.4, 0.5) is 0 Å². The van der Waals surface area contributed by atoms with Gasteiger partial charge in [0, 0.05) is 37.6 Å². The first-order valence-corrected chi connectivity index (χ1v) is 5.83. The van der Waals surface area contributed by atoms with Gasteiger partial charge in [-0.3, -0.25) is 4.90 Å². The Morgan fingerprint density at radius 1 is 1.00 bits per heavy atom. The zero-order chi connectivity index (χ0) is 8.73. The topological polar surface area (TPSA) is 15.3 Å². The van der Waals surface area contributed by atoms with Crippen LogP contribution in [0.25, 0.3) is 0 Å². The summed E-state index contributed by atoms with van der Waals surface area (Å²) in [5.41, 5.74) is 0.734. The monoisotopic (exact) mass is 180 g/mol. The van der Waals surface area contributed by atoms with Gasteiger partial charge in [-0.15, -0.1) is 0 Å². The Bertz CT molecular complexity index is 184. The molecule has 2 heteroatoms. The molecule has 0 amide bonds. The predicted octanol–water partition coefficient (Wildman–Crippen LogP) is 1.22. The van der Waals surface area contributed by atoms with Crippen molar-refractivity contribution in [3.63, 3.8) is 0 Å². The molecule has 3 aliphatic rings. The normalized spacial score (nSPS) is 34.2. The van der Waals surface area contributed by atoms with E-state index < -0.39 is 0 Å². The van der Waals surface area contributed by atoms with Gasteiger partial charge in [-0.2, -0.15) is 0 Å². The zero-order valence-electron chi connectivity index (χ0n) is 8.39. The summed E-state index contributed by atoms with van der Waals surface area (Å²) in [6.45, 7) is 5.36. The standard InChI is InChI=1S/C11H20N2/c1-2-4-10(5-3-1)13-8-11(9-13)6-12-7-11/h10,12H,1-9H2. The van der Waals surface area contributed by atoms with Gasteiger partial charge in [0.15, 0.2) is 0 Å². The number of hydrogen-bond acceptors (Lipinski definition) is 2. The largest absolute Gasteiger partial charge is 0.315 e. The molecule has 3 fully saturated rings. The Morgan fingerprint density at radius 3 is 2.23 bits per heavy atom. The highest BCUT2D eigenvalue weighted by molar-refractivity contribution is 5.05. The lowest BCUT2D eigenvalue weighted by molar-refractivity contribution is -0.0719. The van der Waals surface area contributed by atoms with E-state index in [1.54, 1.807) is 0 Å². The lowest BCUT2D eigenvalue weighted by Crippen LogP contribution is -2.72. The third kappa shape index (κ3) is 1.31. The van der Waals surface area contributed by atoms with Gasteiger partial charge >= 0.3 is 0 Å². The number of hydrogen-bond donors (Lipinski definition) is 1. The Hall–Kier alpha value is -0.0800. The Balaban J connectivity index is 1.51. The average Bonchev–Trinajstić information content (AvgIpc) is 2.01. The summed E-state index contributed by atoms with van der Waals surface area (Å²) in [6, 6.07) is 0.958. The molecule has 0 atom stereocenters.